The third-order valence-corrected chi connectivity index (χ3v) is 4.23. The molecule has 0 spiro atoms. The third-order valence-electron chi connectivity index (χ3n) is 3.06. The lowest BCUT2D eigenvalue weighted by Crippen LogP contribution is -2.19. The number of thioether (sulfide) groups is 1. The van der Waals surface area contributed by atoms with Gasteiger partial charge in [-0.3, -0.25) is 4.79 Å². The maximum Gasteiger partial charge on any atom is 0.250 e. The summed E-state index contributed by atoms with van der Waals surface area (Å²) in [6.45, 7) is 2.01. The molecule has 0 unspecified atom stereocenters. The van der Waals surface area contributed by atoms with Gasteiger partial charge in [0.2, 0.25) is 5.91 Å². The van der Waals surface area contributed by atoms with Crippen molar-refractivity contribution >= 4 is 23.9 Å². The van der Waals surface area contributed by atoms with E-state index < -0.39 is 0 Å². The van der Waals surface area contributed by atoms with Crippen LogP contribution >= 0.6 is 11.8 Å². The van der Waals surface area contributed by atoms with E-state index in [1.54, 1.807) is 12.1 Å². The molecular weight excluding hydrogens is 312 g/mol. The van der Waals surface area contributed by atoms with Crippen LogP contribution in [0, 0.1) is 6.92 Å². The summed E-state index contributed by atoms with van der Waals surface area (Å²) in [5, 5.41) is 13.4. The van der Waals surface area contributed by atoms with E-state index in [0.717, 1.165) is 10.5 Å². The molecule has 0 aromatic heterocycles. The molecule has 2 rings (SSSR count). The number of carbonyl (C=O) groups excluding carboxylic acids is 1. The maximum absolute atomic E-state index is 11.8. The lowest BCUT2D eigenvalue weighted by Gasteiger charge is -2.04. The zero-order valence-corrected chi connectivity index (χ0v) is 13.8. The van der Waals surface area contributed by atoms with Crippen LogP contribution in [-0.4, -0.2) is 30.1 Å². The molecule has 0 aliphatic heterocycles. The van der Waals surface area contributed by atoms with E-state index in [2.05, 4.69) is 10.5 Å². The largest absolute Gasteiger partial charge is 0.504 e. The number of nitrogens with zero attached hydrogens (tertiary/aromatic N) is 1. The summed E-state index contributed by atoms with van der Waals surface area (Å²) in [4.78, 5) is 12.9. The number of hydrogen-bond donors (Lipinski definition) is 2. The van der Waals surface area contributed by atoms with E-state index in [-0.39, 0.29) is 11.7 Å². The van der Waals surface area contributed by atoms with Crippen LogP contribution in [0.1, 0.15) is 11.1 Å². The Morgan fingerprint density at radius 2 is 2.13 bits per heavy atom. The Balaban J connectivity index is 1.85. The Labute approximate surface area is 139 Å². The van der Waals surface area contributed by atoms with Crippen molar-refractivity contribution in [2.45, 2.75) is 11.8 Å². The highest BCUT2D eigenvalue weighted by Gasteiger charge is 2.04. The van der Waals surface area contributed by atoms with E-state index in [4.69, 9.17) is 4.74 Å². The number of ether oxygens (including phenoxy) is 1. The number of aryl methyl sites for hydroxylation is 1. The fourth-order valence-electron chi connectivity index (χ4n) is 1.85. The van der Waals surface area contributed by atoms with Crippen LogP contribution in [0.2, 0.25) is 0 Å². The molecule has 6 heteroatoms. The van der Waals surface area contributed by atoms with Gasteiger partial charge in [0.05, 0.1) is 19.1 Å². The molecule has 0 fully saturated rings. The highest BCUT2D eigenvalue weighted by molar-refractivity contribution is 8.00. The minimum Gasteiger partial charge on any atom is -0.504 e. The number of nitrogens with one attached hydrogen (secondary N) is 1. The second-order valence-electron chi connectivity index (χ2n) is 4.78. The Kier molecular flexibility index (Phi) is 6.05. The SMILES string of the molecule is COc1cc(/C=N/NC(=O)CSc2ccccc2C)ccc1O. The summed E-state index contributed by atoms with van der Waals surface area (Å²) in [6, 6.07) is 12.7. The van der Waals surface area contributed by atoms with Crippen LogP contribution in [0.4, 0.5) is 0 Å². The van der Waals surface area contributed by atoms with E-state index in [1.165, 1.54) is 31.2 Å². The number of amides is 1. The molecule has 1 amide bonds. The fourth-order valence-corrected chi connectivity index (χ4v) is 2.67. The van der Waals surface area contributed by atoms with Crippen molar-refractivity contribution in [2.24, 2.45) is 5.10 Å². The Bertz CT molecular complexity index is 717. The topological polar surface area (TPSA) is 70.9 Å². The molecule has 0 atom stereocenters. The molecule has 0 aliphatic carbocycles. The van der Waals surface area contributed by atoms with Gasteiger partial charge in [0.1, 0.15) is 0 Å². The summed E-state index contributed by atoms with van der Waals surface area (Å²) >= 11 is 1.47. The number of rotatable bonds is 6. The number of phenols is 1. The summed E-state index contributed by atoms with van der Waals surface area (Å²) in [7, 11) is 1.47. The number of methoxy groups -OCH3 is 1. The van der Waals surface area contributed by atoms with E-state index in [9.17, 15) is 9.90 Å². The minimum absolute atomic E-state index is 0.0586. The van der Waals surface area contributed by atoms with Crippen LogP contribution in [0.3, 0.4) is 0 Å². The van der Waals surface area contributed by atoms with Gasteiger partial charge < -0.3 is 9.84 Å². The molecule has 0 radical (unpaired) electrons. The molecule has 0 heterocycles. The second kappa shape index (κ2) is 8.24. The normalized spacial score (nSPS) is 10.7. The lowest BCUT2D eigenvalue weighted by molar-refractivity contribution is -0.118. The Morgan fingerprint density at radius 1 is 1.35 bits per heavy atom. The van der Waals surface area contributed by atoms with Gasteiger partial charge >= 0.3 is 0 Å². The monoisotopic (exact) mass is 330 g/mol. The van der Waals surface area contributed by atoms with Gasteiger partial charge in [-0.25, -0.2) is 5.43 Å². The minimum atomic E-state index is -0.180. The molecule has 2 N–H and O–H groups in total. The predicted octanol–water partition coefficient (Wildman–Crippen LogP) is 2.95. The van der Waals surface area contributed by atoms with Gasteiger partial charge in [-0.15, -0.1) is 11.8 Å². The van der Waals surface area contributed by atoms with Crippen LogP contribution in [0.25, 0.3) is 0 Å². The molecule has 0 saturated heterocycles. The van der Waals surface area contributed by atoms with Crippen LogP contribution < -0.4 is 10.2 Å². The highest BCUT2D eigenvalue weighted by atomic mass is 32.2. The van der Waals surface area contributed by atoms with Gasteiger partial charge in [-0.2, -0.15) is 5.10 Å². The molecule has 2 aromatic carbocycles. The van der Waals surface area contributed by atoms with Gasteiger partial charge in [-0.05, 0) is 42.3 Å². The van der Waals surface area contributed by atoms with Crippen LogP contribution in [-0.2, 0) is 4.79 Å². The van der Waals surface area contributed by atoms with Gasteiger partial charge in [-0.1, -0.05) is 18.2 Å². The standard InChI is InChI=1S/C17H18N2O3S/c1-12-5-3-4-6-16(12)23-11-17(21)19-18-10-13-7-8-14(20)15(9-13)22-2/h3-10,20H,11H2,1-2H3,(H,19,21)/b18-10+. The first-order valence-corrected chi connectivity index (χ1v) is 7.96. The number of hydrazone groups is 1. The van der Waals surface area contributed by atoms with Crippen molar-refractivity contribution in [1.29, 1.82) is 0 Å². The Hall–Kier alpha value is -2.47. The number of aromatic hydroxyl groups is 1. The van der Waals surface area contributed by atoms with Crippen molar-refractivity contribution in [3.8, 4) is 11.5 Å². The molecule has 23 heavy (non-hydrogen) atoms. The van der Waals surface area contributed by atoms with Gasteiger partial charge in [0.25, 0.3) is 0 Å². The number of hydrogen-bond acceptors (Lipinski definition) is 5. The maximum atomic E-state index is 11.8. The van der Waals surface area contributed by atoms with Gasteiger partial charge in [0, 0.05) is 4.90 Å². The zero-order chi connectivity index (χ0) is 16.7. The van der Waals surface area contributed by atoms with Crippen molar-refractivity contribution in [2.75, 3.05) is 12.9 Å². The first-order chi connectivity index (χ1) is 11.1. The lowest BCUT2D eigenvalue weighted by atomic mass is 10.2. The quantitative estimate of drug-likeness (QED) is 0.485. The van der Waals surface area contributed by atoms with Crippen LogP contribution in [0.5, 0.6) is 11.5 Å². The molecule has 0 saturated carbocycles. The number of carbonyl (C=O) groups is 1. The van der Waals surface area contributed by atoms with E-state index in [0.29, 0.717) is 17.1 Å². The third kappa shape index (κ3) is 5.03. The van der Waals surface area contributed by atoms with E-state index in [1.807, 2.05) is 31.2 Å². The van der Waals surface area contributed by atoms with Crippen LogP contribution in [0.15, 0.2) is 52.5 Å². The summed E-state index contributed by atoms with van der Waals surface area (Å²) in [5.41, 5.74) is 4.34. The molecule has 0 bridgehead atoms. The number of phenolic OH excluding ortho intramolecular Hbond substituents is 1. The molecular formula is C17H18N2O3S. The summed E-state index contributed by atoms with van der Waals surface area (Å²) in [6.07, 6.45) is 1.50. The van der Waals surface area contributed by atoms with Crippen molar-refractivity contribution < 1.29 is 14.6 Å². The average molecular weight is 330 g/mol. The second-order valence-corrected chi connectivity index (χ2v) is 5.80. The molecule has 0 aliphatic rings. The van der Waals surface area contributed by atoms with Crippen molar-refractivity contribution in [3.63, 3.8) is 0 Å². The predicted molar refractivity (Wildman–Crippen MR) is 92.3 cm³/mol. The summed E-state index contributed by atoms with van der Waals surface area (Å²) in [5.74, 6) is 0.528. The van der Waals surface area contributed by atoms with E-state index >= 15 is 0 Å². The average Bonchev–Trinajstić information content (AvgIpc) is 2.55. The molecule has 120 valence electrons. The van der Waals surface area contributed by atoms with Crippen molar-refractivity contribution in [1.82, 2.24) is 5.43 Å². The van der Waals surface area contributed by atoms with Crippen molar-refractivity contribution in [3.05, 3.63) is 53.6 Å². The Morgan fingerprint density at radius 3 is 2.87 bits per heavy atom. The van der Waals surface area contributed by atoms with Gasteiger partial charge in [0.15, 0.2) is 11.5 Å². The first kappa shape index (κ1) is 16.9. The summed E-state index contributed by atoms with van der Waals surface area (Å²) < 4.78 is 5.01. The highest BCUT2D eigenvalue weighted by Crippen LogP contribution is 2.25. The first-order valence-electron chi connectivity index (χ1n) is 6.97. The zero-order valence-electron chi connectivity index (χ0n) is 12.9. The molecule has 5 nitrogen and oxygen atoms in total. The fraction of sp³-hybridized carbons (Fsp3) is 0.176. The smallest absolute Gasteiger partial charge is 0.250 e. The number of benzene rings is 2. The molecule has 2 aromatic rings.